The number of hydrogen-bond acceptors (Lipinski definition) is 1. The molecule has 1 heterocycles. The van der Waals surface area contributed by atoms with Crippen molar-refractivity contribution < 1.29 is 0 Å². The zero-order chi connectivity index (χ0) is 11.7. The summed E-state index contributed by atoms with van der Waals surface area (Å²) >= 11 is 3.60. The monoisotopic (exact) mass is 290 g/mol. The van der Waals surface area contributed by atoms with Gasteiger partial charge in [-0.25, -0.2) is 0 Å². The van der Waals surface area contributed by atoms with Gasteiger partial charge in [0.1, 0.15) is 0 Å². The number of fused-ring (bicyclic) bond motifs is 1. The Hall–Kier alpha value is -1.09. The summed E-state index contributed by atoms with van der Waals surface area (Å²) < 4.78 is 1.17. The van der Waals surface area contributed by atoms with Crippen molar-refractivity contribution in [2.24, 2.45) is 0 Å². The number of aryl methyl sites for hydroxylation is 1. The van der Waals surface area contributed by atoms with Crippen molar-refractivity contribution in [2.75, 3.05) is 0 Å². The fourth-order valence-corrected chi connectivity index (χ4v) is 2.94. The van der Waals surface area contributed by atoms with E-state index in [0.717, 1.165) is 12.8 Å². The number of halogens is 1. The fourth-order valence-electron chi connectivity index (χ4n) is 2.52. The van der Waals surface area contributed by atoms with E-state index in [1.165, 1.54) is 46.2 Å². The van der Waals surface area contributed by atoms with Gasteiger partial charge in [-0.2, -0.15) is 5.10 Å². The number of H-pyrrole nitrogens is 1. The Balaban J connectivity index is 1.91. The van der Waals surface area contributed by atoms with Gasteiger partial charge in [0.15, 0.2) is 0 Å². The molecule has 0 saturated heterocycles. The molecule has 0 saturated carbocycles. The molecule has 1 aliphatic carbocycles. The van der Waals surface area contributed by atoms with Gasteiger partial charge >= 0.3 is 0 Å². The lowest BCUT2D eigenvalue weighted by molar-refractivity contribution is 0.673. The van der Waals surface area contributed by atoms with Gasteiger partial charge in [0, 0.05) is 16.6 Å². The first-order valence-corrected chi connectivity index (χ1v) is 6.92. The van der Waals surface area contributed by atoms with E-state index in [1.54, 1.807) is 0 Å². The Morgan fingerprint density at radius 3 is 2.88 bits per heavy atom. The maximum absolute atomic E-state index is 4.49. The molecule has 2 nitrogen and oxygen atoms in total. The first-order chi connectivity index (χ1) is 8.34. The molecule has 0 fully saturated rings. The van der Waals surface area contributed by atoms with Crippen molar-refractivity contribution in [3.8, 4) is 0 Å². The van der Waals surface area contributed by atoms with Crippen LogP contribution in [0.15, 0.2) is 28.7 Å². The minimum atomic E-state index is 0.924. The number of aromatic amines is 1. The number of benzene rings is 1. The molecule has 3 rings (SSSR count). The maximum atomic E-state index is 4.49. The Kier molecular flexibility index (Phi) is 3.02. The summed E-state index contributed by atoms with van der Waals surface area (Å²) in [5, 5.41) is 7.69. The van der Waals surface area contributed by atoms with E-state index in [2.05, 4.69) is 44.3 Å². The molecule has 0 radical (unpaired) electrons. The van der Waals surface area contributed by atoms with Crippen LogP contribution in [0, 0.1) is 0 Å². The van der Waals surface area contributed by atoms with Crippen LogP contribution in [0.1, 0.15) is 35.4 Å². The third kappa shape index (κ3) is 2.16. The van der Waals surface area contributed by atoms with E-state index in [1.807, 2.05) is 6.07 Å². The summed E-state index contributed by atoms with van der Waals surface area (Å²) in [6, 6.07) is 8.38. The standard InChI is InChI=1S/C14H15BrN2/c15-12-7-3-1-5-10(12)9-14-11-6-2-4-8-13(11)16-17-14/h1,3,5,7H,2,4,6,8-9H2,(H,16,17). The second-order valence-electron chi connectivity index (χ2n) is 4.60. The minimum absolute atomic E-state index is 0.924. The summed E-state index contributed by atoms with van der Waals surface area (Å²) in [5.74, 6) is 0. The Morgan fingerprint density at radius 1 is 1.18 bits per heavy atom. The van der Waals surface area contributed by atoms with Crippen molar-refractivity contribution in [1.29, 1.82) is 0 Å². The van der Waals surface area contributed by atoms with Gasteiger partial charge in [0.25, 0.3) is 0 Å². The SMILES string of the molecule is Brc1ccccc1Cc1n[nH]c2c1CCCC2. The third-order valence-corrected chi connectivity index (χ3v) is 4.23. The Morgan fingerprint density at radius 2 is 2.00 bits per heavy atom. The van der Waals surface area contributed by atoms with Crippen molar-refractivity contribution in [3.05, 3.63) is 51.3 Å². The summed E-state index contributed by atoms with van der Waals surface area (Å²) in [6.07, 6.45) is 5.87. The highest BCUT2D eigenvalue weighted by atomic mass is 79.9. The number of rotatable bonds is 2. The lowest BCUT2D eigenvalue weighted by Gasteiger charge is -2.11. The van der Waals surface area contributed by atoms with Crippen LogP contribution in [-0.4, -0.2) is 10.2 Å². The van der Waals surface area contributed by atoms with Crippen LogP contribution < -0.4 is 0 Å². The Bertz CT molecular complexity index is 531. The second-order valence-corrected chi connectivity index (χ2v) is 5.46. The molecule has 2 aromatic rings. The molecule has 0 amide bonds. The topological polar surface area (TPSA) is 28.7 Å². The van der Waals surface area contributed by atoms with Crippen molar-refractivity contribution in [3.63, 3.8) is 0 Å². The molecule has 1 N–H and O–H groups in total. The van der Waals surface area contributed by atoms with E-state index in [-0.39, 0.29) is 0 Å². The van der Waals surface area contributed by atoms with Crippen LogP contribution >= 0.6 is 15.9 Å². The first-order valence-electron chi connectivity index (χ1n) is 6.13. The molecule has 1 aromatic heterocycles. The normalized spacial score (nSPS) is 14.6. The molecule has 17 heavy (non-hydrogen) atoms. The lowest BCUT2D eigenvalue weighted by atomic mass is 9.94. The van der Waals surface area contributed by atoms with Gasteiger partial charge in [0.2, 0.25) is 0 Å². The average Bonchev–Trinajstić information content (AvgIpc) is 2.76. The number of aromatic nitrogens is 2. The summed E-state index contributed by atoms with van der Waals surface area (Å²) in [5.41, 5.74) is 5.37. The largest absolute Gasteiger partial charge is 0.282 e. The molecule has 1 aromatic carbocycles. The lowest BCUT2D eigenvalue weighted by Crippen LogP contribution is -2.03. The number of hydrogen-bond donors (Lipinski definition) is 1. The van der Waals surface area contributed by atoms with Crippen LogP contribution in [0.3, 0.4) is 0 Å². The molecule has 0 spiro atoms. The molecule has 0 aliphatic heterocycles. The molecule has 88 valence electrons. The predicted molar refractivity (Wildman–Crippen MR) is 72.2 cm³/mol. The predicted octanol–water partition coefficient (Wildman–Crippen LogP) is 3.64. The molecule has 3 heteroatoms. The van der Waals surface area contributed by atoms with E-state index in [0.29, 0.717) is 0 Å². The van der Waals surface area contributed by atoms with E-state index < -0.39 is 0 Å². The molecule has 1 aliphatic rings. The van der Waals surface area contributed by atoms with Crippen LogP contribution in [0.4, 0.5) is 0 Å². The zero-order valence-electron chi connectivity index (χ0n) is 9.67. The van der Waals surface area contributed by atoms with Crippen LogP contribution in [0.2, 0.25) is 0 Å². The quantitative estimate of drug-likeness (QED) is 0.899. The highest BCUT2D eigenvalue weighted by molar-refractivity contribution is 9.10. The van der Waals surface area contributed by atoms with Gasteiger partial charge in [-0.15, -0.1) is 0 Å². The van der Waals surface area contributed by atoms with E-state index >= 15 is 0 Å². The summed E-state index contributed by atoms with van der Waals surface area (Å²) in [7, 11) is 0. The second kappa shape index (κ2) is 4.65. The van der Waals surface area contributed by atoms with Crippen LogP contribution in [-0.2, 0) is 19.3 Å². The van der Waals surface area contributed by atoms with Crippen LogP contribution in [0.25, 0.3) is 0 Å². The maximum Gasteiger partial charge on any atom is 0.0701 e. The van der Waals surface area contributed by atoms with Gasteiger partial charge < -0.3 is 0 Å². The van der Waals surface area contributed by atoms with Gasteiger partial charge in [-0.3, -0.25) is 5.10 Å². The molecule has 0 atom stereocenters. The first kappa shape index (κ1) is 11.0. The molecule has 0 bridgehead atoms. The number of nitrogens with zero attached hydrogens (tertiary/aromatic N) is 1. The van der Waals surface area contributed by atoms with Gasteiger partial charge in [0.05, 0.1) is 5.69 Å². The minimum Gasteiger partial charge on any atom is -0.282 e. The van der Waals surface area contributed by atoms with Crippen molar-refractivity contribution >= 4 is 15.9 Å². The molecule has 0 unspecified atom stereocenters. The summed E-state index contributed by atoms with van der Waals surface area (Å²) in [6.45, 7) is 0. The highest BCUT2D eigenvalue weighted by Gasteiger charge is 2.17. The summed E-state index contributed by atoms with van der Waals surface area (Å²) in [4.78, 5) is 0. The van der Waals surface area contributed by atoms with Gasteiger partial charge in [-0.1, -0.05) is 34.1 Å². The Labute approximate surface area is 110 Å². The molecular formula is C14H15BrN2. The smallest absolute Gasteiger partial charge is 0.0701 e. The fraction of sp³-hybridized carbons (Fsp3) is 0.357. The number of nitrogens with one attached hydrogen (secondary N) is 1. The highest BCUT2D eigenvalue weighted by Crippen LogP contribution is 2.26. The average molecular weight is 291 g/mol. The van der Waals surface area contributed by atoms with Crippen LogP contribution in [0.5, 0.6) is 0 Å². The zero-order valence-corrected chi connectivity index (χ0v) is 11.3. The van der Waals surface area contributed by atoms with Crippen molar-refractivity contribution in [2.45, 2.75) is 32.1 Å². The third-order valence-electron chi connectivity index (χ3n) is 3.46. The molecular weight excluding hydrogens is 276 g/mol. The van der Waals surface area contributed by atoms with E-state index in [4.69, 9.17) is 0 Å². The van der Waals surface area contributed by atoms with Crippen molar-refractivity contribution in [1.82, 2.24) is 10.2 Å². The van der Waals surface area contributed by atoms with E-state index in [9.17, 15) is 0 Å². The van der Waals surface area contributed by atoms with Gasteiger partial charge in [-0.05, 0) is 42.9 Å².